The number of aromatic amines is 1. The maximum atomic E-state index is 11.9. The van der Waals surface area contributed by atoms with E-state index in [2.05, 4.69) is 15.5 Å². The van der Waals surface area contributed by atoms with E-state index in [1.54, 1.807) is 18.3 Å². The molecule has 6 nitrogen and oxygen atoms in total. The summed E-state index contributed by atoms with van der Waals surface area (Å²) in [6, 6.07) is 6.11. The van der Waals surface area contributed by atoms with Crippen LogP contribution in [0.4, 0.5) is 5.82 Å². The number of rotatable bonds is 3. The van der Waals surface area contributed by atoms with Crippen molar-refractivity contribution in [2.75, 3.05) is 5.32 Å². The fourth-order valence-corrected chi connectivity index (χ4v) is 1.44. The Morgan fingerprint density at radius 1 is 1.22 bits per heavy atom. The van der Waals surface area contributed by atoms with Crippen LogP contribution < -0.4 is 11.1 Å². The van der Waals surface area contributed by atoms with Crippen LogP contribution in [0.1, 0.15) is 26.3 Å². The van der Waals surface area contributed by atoms with Crippen molar-refractivity contribution in [3.63, 3.8) is 0 Å². The topological polar surface area (TPSA) is 101 Å². The van der Waals surface area contributed by atoms with E-state index in [4.69, 9.17) is 5.73 Å². The number of nitrogens with two attached hydrogens (primary N) is 1. The molecule has 0 spiro atoms. The molecule has 18 heavy (non-hydrogen) atoms. The number of amides is 2. The van der Waals surface area contributed by atoms with Crippen molar-refractivity contribution in [2.24, 2.45) is 5.73 Å². The predicted molar refractivity (Wildman–Crippen MR) is 66.2 cm³/mol. The van der Waals surface area contributed by atoms with Gasteiger partial charge in [0.1, 0.15) is 5.82 Å². The first-order chi connectivity index (χ1) is 8.58. The van der Waals surface area contributed by atoms with Gasteiger partial charge in [-0.1, -0.05) is 0 Å². The quantitative estimate of drug-likeness (QED) is 0.752. The molecular formula is C12H12N4O2. The van der Waals surface area contributed by atoms with E-state index in [0.717, 1.165) is 5.56 Å². The van der Waals surface area contributed by atoms with Gasteiger partial charge in [-0.15, -0.1) is 0 Å². The van der Waals surface area contributed by atoms with Crippen LogP contribution in [-0.4, -0.2) is 22.0 Å². The van der Waals surface area contributed by atoms with Gasteiger partial charge >= 0.3 is 0 Å². The third-order valence-electron chi connectivity index (χ3n) is 2.50. The Hall–Kier alpha value is -2.63. The van der Waals surface area contributed by atoms with Gasteiger partial charge in [0.25, 0.3) is 5.91 Å². The lowest BCUT2D eigenvalue weighted by molar-refractivity contribution is 0.0995. The van der Waals surface area contributed by atoms with Crippen molar-refractivity contribution in [3.05, 3.63) is 47.2 Å². The van der Waals surface area contributed by atoms with Crippen molar-refractivity contribution in [1.82, 2.24) is 10.2 Å². The van der Waals surface area contributed by atoms with Gasteiger partial charge in [-0.3, -0.25) is 14.7 Å². The monoisotopic (exact) mass is 244 g/mol. The fourth-order valence-electron chi connectivity index (χ4n) is 1.44. The van der Waals surface area contributed by atoms with Gasteiger partial charge in [-0.2, -0.15) is 5.10 Å². The molecule has 0 saturated carbocycles. The molecule has 6 heteroatoms. The lowest BCUT2D eigenvalue weighted by Crippen LogP contribution is -2.14. The highest BCUT2D eigenvalue weighted by Crippen LogP contribution is 2.11. The van der Waals surface area contributed by atoms with Crippen molar-refractivity contribution in [1.29, 1.82) is 0 Å². The zero-order chi connectivity index (χ0) is 13.1. The molecule has 0 unspecified atom stereocenters. The molecule has 0 aliphatic rings. The molecule has 0 radical (unpaired) electrons. The minimum atomic E-state index is -0.522. The Labute approximate surface area is 103 Å². The molecule has 1 heterocycles. The van der Waals surface area contributed by atoms with Crippen molar-refractivity contribution >= 4 is 17.6 Å². The third-order valence-corrected chi connectivity index (χ3v) is 2.50. The standard InChI is InChI=1S/C12H12N4O2/c1-7-6-14-16-11(7)15-12(18)9-4-2-8(3-5-9)10(13)17/h2-6H,1H3,(H2,13,17)(H2,14,15,16,18). The van der Waals surface area contributed by atoms with Crippen molar-refractivity contribution < 1.29 is 9.59 Å². The highest BCUT2D eigenvalue weighted by molar-refractivity contribution is 6.04. The number of hydrogen-bond donors (Lipinski definition) is 3. The predicted octanol–water partition coefficient (Wildman–Crippen LogP) is 1.07. The Morgan fingerprint density at radius 3 is 2.33 bits per heavy atom. The number of primary amides is 1. The van der Waals surface area contributed by atoms with Gasteiger partial charge in [0.05, 0.1) is 6.20 Å². The second kappa shape index (κ2) is 4.70. The van der Waals surface area contributed by atoms with Crippen LogP contribution in [0.3, 0.4) is 0 Å². The lowest BCUT2D eigenvalue weighted by atomic mass is 10.1. The van der Waals surface area contributed by atoms with E-state index in [1.165, 1.54) is 12.1 Å². The Kier molecular flexibility index (Phi) is 3.09. The Bertz CT molecular complexity index is 586. The number of nitrogens with one attached hydrogen (secondary N) is 2. The van der Waals surface area contributed by atoms with E-state index in [1.807, 2.05) is 6.92 Å². The number of aryl methyl sites for hydroxylation is 1. The summed E-state index contributed by atoms with van der Waals surface area (Å²) in [5.41, 5.74) is 6.77. The lowest BCUT2D eigenvalue weighted by Gasteiger charge is -2.04. The smallest absolute Gasteiger partial charge is 0.256 e. The highest BCUT2D eigenvalue weighted by atomic mass is 16.2. The molecule has 0 aliphatic heterocycles. The Morgan fingerprint density at radius 2 is 1.83 bits per heavy atom. The summed E-state index contributed by atoms with van der Waals surface area (Å²) < 4.78 is 0. The maximum Gasteiger partial charge on any atom is 0.256 e. The molecule has 2 amide bonds. The molecule has 0 aliphatic carbocycles. The summed E-state index contributed by atoms with van der Waals surface area (Å²) >= 11 is 0. The van der Waals surface area contributed by atoms with Gasteiger partial charge in [0.2, 0.25) is 5.91 Å². The van der Waals surface area contributed by atoms with E-state index < -0.39 is 5.91 Å². The first-order valence-corrected chi connectivity index (χ1v) is 5.29. The molecule has 2 aromatic rings. The summed E-state index contributed by atoms with van der Waals surface area (Å²) in [7, 11) is 0. The molecule has 0 atom stereocenters. The number of nitrogens with zero attached hydrogens (tertiary/aromatic N) is 1. The summed E-state index contributed by atoms with van der Waals surface area (Å²) in [5.74, 6) is -0.247. The van der Waals surface area contributed by atoms with Gasteiger partial charge in [0, 0.05) is 16.7 Å². The Balaban J connectivity index is 2.14. The molecule has 4 N–H and O–H groups in total. The number of carbonyl (C=O) groups is 2. The molecule has 1 aromatic carbocycles. The first-order valence-electron chi connectivity index (χ1n) is 5.29. The van der Waals surface area contributed by atoms with E-state index in [9.17, 15) is 9.59 Å². The van der Waals surface area contributed by atoms with Crippen LogP contribution in [0.2, 0.25) is 0 Å². The average molecular weight is 244 g/mol. The van der Waals surface area contributed by atoms with Gasteiger partial charge in [-0.25, -0.2) is 0 Å². The van der Waals surface area contributed by atoms with Crippen LogP contribution in [0, 0.1) is 6.92 Å². The zero-order valence-corrected chi connectivity index (χ0v) is 9.73. The summed E-state index contributed by atoms with van der Waals surface area (Å²) in [4.78, 5) is 22.8. The van der Waals surface area contributed by atoms with Crippen molar-refractivity contribution in [2.45, 2.75) is 6.92 Å². The van der Waals surface area contributed by atoms with Crippen LogP contribution >= 0.6 is 0 Å². The maximum absolute atomic E-state index is 11.9. The van der Waals surface area contributed by atoms with E-state index >= 15 is 0 Å². The SMILES string of the molecule is Cc1cn[nH]c1NC(=O)c1ccc(C(N)=O)cc1. The summed E-state index contributed by atoms with van der Waals surface area (Å²) in [5, 5.41) is 9.17. The van der Waals surface area contributed by atoms with Crippen LogP contribution in [0.15, 0.2) is 30.5 Å². The van der Waals surface area contributed by atoms with Gasteiger partial charge in [0.15, 0.2) is 0 Å². The molecule has 1 aromatic heterocycles. The molecule has 0 fully saturated rings. The average Bonchev–Trinajstić information content (AvgIpc) is 2.75. The zero-order valence-electron chi connectivity index (χ0n) is 9.73. The number of H-pyrrole nitrogens is 1. The summed E-state index contributed by atoms with van der Waals surface area (Å²) in [6.07, 6.45) is 1.62. The minimum absolute atomic E-state index is 0.279. The number of benzene rings is 1. The fraction of sp³-hybridized carbons (Fsp3) is 0.0833. The largest absolute Gasteiger partial charge is 0.366 e. The second-order valence-corrected chi connectivity index (χ2v) is 3.82. The van der Waals surface area contributed by atoms with Crippen molar-refractivity contribution in [3.8, 4) is 0 Å². The van der Waals surface area contributed by atoms with E-state index in [0.29, 0.717) is 16.9 Å². The van der Waals surface area contributed by atoms with Crippen LogP contribution in [0.25, 0.3) is 0 Å². The second-order valence-electron chi connectivity index (χ2n) is 3.82. The molecule has 0 saturated heterocycles. The van der Waals surface area contributed by atoms with Crippen LogP contribution in [-0.2, 0) is 0 Å². The molecule has 2 rings (SSSR count). The van der Waals surface area contributed by atoms with E-state index in [-0.39, 0.29) is 5.91 Å². The minimum Gasteiger partial charge on any atom is -0.366 e. The number of aromatic nitrogens is 2. The number of hydrogen-bond acceptors (Lipinski definition) is 3. The normalized spacial score (nSPS) is 10.1. The molecular weight excluding hydrogens is 232 g/mol. The summed E-state index contributed by atoms with van der Waals surface area (Å²) in [6.45, 7) is 1.83. The third kappa shape index (κ3) is 2.37. The number of anilines is 1. The molecule has 92 valence electrons. The molecule has 0 bridgehead atoms. The van der Waals surface area contributed by atoms with Gasteiger partial charge in [-0.05, 0) is 31.2 Å². The highest BCUT2D eigenvalue weighted by Gasteiger charge is 2.09. The van der Waals surface area contributed by atoms with Crippen LogP contribution in [0.5, 0.6) is 0 Å². The first kappa shape index (κ1) is 11.8. The van der Waals surface area contributed by atoms with Gasteiger partial charge < -0.3 is 11.1 Å². The number of carbonyl (C=O) groups excluding carboxylic acids is 2.